The number of hydrogen-bond acceptors (Lipinski definition) is 4. The van der Waals surface area contributed by atoms with Crippen LogP contribution in [0.25, 0.3) is 11.1 Å². The number of benzene rings is 3. The van der Waals surface area contributed by atoms with Gasteiger partial charge in [-0.2, -0.15) is 0 Å². The van der Waals surface area contributed by atoms with Crippen LogP contribution in [-0.4, -0.2) is 28.9 Å². The number of rotatable bonds is 9. The molecule has 0 heterocycles. The van der Waals surface area contributed by atoms with E-state index in [2.05, 4.69) is 17.9 Å². The van der Waals surface area contributed by atoms with Crippen molar-refractivity contribution in [3.05, 3.63) is 89.5 Å². The molecule has 3 rings (SSSR count). The molecular formula is C26H26N2O4S. The summed E-state index contributed by atoms with van der Waals surface area (Å²) in [5.41, 5.74) is 9.01. The van der Waals surface area contributed by atoms with E-state index in [-0.39, 0.29) is 17.9 Å². The van der Waals surface area contributed by atoms with Gasteiger partial charge in [0, 0.05) is 16.5 Å². The lowest BCUT2D eigenvalue weighted by atomic mass is 9.94. The standard InChI is InChI=1S/C26H26N2O4S/c1-16(26(31)32)13-21(28-25(30)20-11-12-22(24(27)29)23(33)15-20)14-17-7-9-19(10-8-17)18-5-3-2-4-6-18/h2-12,15-16,21,33H,13-14H2,1H3,(H2,27,29)(H,28,30)(H,31,32)/t16-,21+/m1/s1. The highest BCUT2D eigenvalue weighted by atomic mass is 32.1. The first-order chi connectivity index (χ1) is 15.7. The molecule has 0 bridgehead atoms. The molecule has 0 saturated heterocycles. The van der Waals surface area contributed by atoms with Crippen LogP contribution in [0, 0.1) is 5.92 Å². The highest BCUT2D eigenvalue weighted by Crippen LogP contribution is 2.21. The van der Waals surface area contributed by atoms with Gasteiger partial charge in [-0.3, -0.25) is 14.4 Å². The third-order valence-electron chi connectivity index (χ3n) is 5.46. The normalized spacial score (nSPS) is 12.5. The Kier molecular flexibility index (Phi) is 7.90. The van der Waals surface area contributed by atoms with Crippen LogP contribution >= 0.6 is 12.6 Å². The molecule has 6 nitrogen and oxygen atoms in total. The second-order valence-corrected chi connectivity index (χ2v) is 8.49. The zero-order valence-electron chi connectivity index (χ0n) is 18.2. The summed E-state index contributed by atoms with van der Waals surface area (Å²) in [5, 5.41) is 12.3. The molecule has 4 N–H and O–H groups in total. The van der Waals surface area contributed by atoms with Gasteiger partial charge in [0.25, 0.3) is 5.91 Å². The van der Waals surface area contributed by atoms with E-state index in [1.54, 1.807) is 6.92 Å². The van der Waals surface area contributed by atoms with Crippen LogP contribution in [0.4, 0.5) is 0 Å². The summed E-state index contributed by atoms with van der Waals surface area (Å²) in [4.78, 5) is 36.0. The van der Waals surface area contributed by atoms with Gasteiger partial charge in [0.05, 0.1) is 11.5 Å². The van der Waals surface area contributed by atoms with Gasteiger partial charge in [-0.25, -0.2) is 0 Å². The smallest absolute Gasteiger partial charge is 0.306 e. The Bertz CT molecular complexity index is 1150. The van der Waals surface area contributed by atoms with E-state index in [4.69, 9.17) is 5.73 Å². The fraction of sp³-hybridized carbons (Fsp3) is 0.192. The molecule has 0 unspecified atom stereocenters. The predicted octanol–water partition coefficient (Wildman–Crippen LogP) is 4.19. The van der Waals surface area contributed by atoms with Crippen molar-refractivity contribution in [2.45, 2.75) is 30.7 Å². The molecule has 7 heteroatoms. The number of carbonyl (C=O) groups excluding carboxylic acids is 2. The summed E-state index contributed by atoms with van der Waals surface area (Å²) < 4.78 is 0. The molecule has 0 aliphatic carbocycles. The molecule has 33 heavy (non-hydrogen) atoms. The number of carboxylic acid groups (broad SMARTS) is 1. The van der Waals surface area contributed by atoms with E-state index in [1.165, 1.54) is 18.2 Å². The monoisotopic (exact) mass is 462 g/mol. The van der Waals surface area contributed by atoms with Gasteiger partial charge < -0.3 is 16.2 Å². The lowest BCUT2D eigenvalue weighted by molar-refractivity contribution is -0.141. The van der Waals surface area contributed by atoms with Crippen molar-refractivity contribution in [1.29, 1.82) is 0 Å². The largest absolute Gasteiger partial charge is 0.481 e. The molecule has 0 aliphatic heterocycles. The average Bonchev–Trinajstić information content (AvgIpc) is 2.79. The summed E-state index contributed by atoms with van der Waals surface area (Å²) in [5.74, 6) is -2.54. The van der Waals surface area contributed by atoms with Crippen molar-refractivity contribution in [3.8, 4) is 11.1 Å². The predicted molar refractivity (Wildman–Crippen MR) is 130 cm³/mol. The number of carbonyl (C=O) groups is 3. The fourth-order valence-electron chi connectivity index (χ4n) is 3.62. The van der Waals surface area contributed by atoms with E-state index >= 15 is 0 Å². The van der Waals surface area contributed by atoms with Gasteiger partial charge in [-0.05, 0) is 47.7 Å². The second kappa shape index (κ2) is 10.8. The number of nitrogens with one attached hydrogen (secondary N) is 1. The lowest BCUT2D eigenvalue weighted by Crippen LogP contribution is -2.38. The maximum Gasteiger partial charge on any atom is 0.306 e. The zero-order valence-corrected chi connectivity index (χ0v) is 19.1. The molecule has 0 aromatic heterocycles. The number of primary amides is 1. The molecule has 0 saturated carbocycles. The number of carboxylic acids is 1. The van der Waals surface area contributed by atoms with Crippen LogP contribution in [-0.2, 0) is 11.2 Å². The highest BCUT2D eigenvalue weighted by molar-refractivity contribution is 7.80. The van der Waals surface area contributed by atoms with E-state index in [9.17, 15) is 19.5 Å². The zero-order chi connectivity index (χ0) is 24.0. The maximum absolute atomic E-state index is 12.9. The molecule has 170 valence electrons. The first-order valence-electron chi connectivity index (χ1n) is 10.6. The molecule has 3 aromatic rings. The van der Waals surface area contributed by atoms with Crippen molar-refractivity contribution >= 4 is 30.4 Å². The minimum atomic E-state index is -0.919. The van der Waals surface area contributed by atoms with Crippen molar-refractivity contribution in [2.75, 3.05) is 0 Å². The summed E-state index contributed by atoms with van der Waals surface area (Å²) in [6.45, 7) is 1.62. The van der Waals surface area contributed by atoms with Gasteiger partial charge in [-0.1, -0.05) is 61.5 Å². The van der Waals surface area contributed by atoms with E-state index in [1.807, 2.05) is 54.6 Å². The number of amides is 2. The average molecular weight is 463 g/mol. The molecule has 3 aromatic carbocycles. The van der Waals surface area contributed by atoms with Crippen LogP contribution in [0.5, 0.6) is 0 Å². The van der Waals surface area contributed by atoms with Crippen molar-refractivity contribution < 1.29 is 19.5 Å². The lowest BCUT2D eigenvalue weighted by Gasteiger charge is -2.21. The fourth-order valence-corrected chi connectivity index (χ4v) is 3.94. The molecule has 0 fully saturated rings. The quantitative estimate of drug-likeness (QED) is 0.357. The molecule has 0 aliphatic rings. The van der Waals surface area contributed by atoms with E-state index in [0.29, 0.717) is 16.9 Å². The Balaban J connectivity index is 1.77. The van der Waals surface area contributed by atoms with Crippen LogP contribution in [0.15, 0.2) is 77.7 Å². The second-order valence-electron chi connectivity index (χ2n) is 8.01. The minimum Gasteiger partial charge on any atom is -0.481 e. The topological polar surface area (TPSA) is 109 Å². The van der Waals surface area contributed by atoms with E-state index < -0.39 is 23.8 Å². The molecule has 0 spiro atoms. The highest BCUT2D eigenvalue weighted by Gasteiger charge is 2.22. The molecule has 2 amide bonds. The Morgan fingerprint density at radius 3 is 2.18 bits per heavy atom. The first-order valence-corrected chi connectivity index (χ1v) is 11.0. The Hall–Kier alpha value is -3.58. The van der Waals surface area contributed by atoms with Crippen LogP contribution in [0.2, 0.25) is 0 Å². The number of aliphatic carboxylic acids is 1. The van der Waals surface area contributed by atoms with Gasteiger partial charge in [0.2, 0.25) is 5.91 Å². The molecule has 2 atom stereocenters. The van der Waals surface area contributed by atoms with Crippen molar-refractivity contribution in [2.24, 2.45) is 11.7 Å². The summed E-state index contributed by atoms with van der Waals surface area (Å²) in [7, 11) is 0. The summed E-state index contributed by atoms with van der Waals surface area (Å²) in [6.07, 6.45) is 0.750. The number of nitrogens with two attached hydrogens (primary N) is 1. The number of thiol groups is 1. The third kappa shape index (κ3) is 6.46. The minimum absolute atomic E-state index is 0.226. The summed E-state index contributed by atoms with van der Waals surface area (Å²) >= 11 is 4.24. The number of hydrogen-bond donors (Lipinski definition) is 4. The van der Waals surface area contributed by atoms with Gasteiger partial charge in [0.15, 0.2) is 0 Å². The Morgan fingerprint density at radius 2 is 1.61 bits per heavy atom. The van der Waals surface area contributed by atoms with Crippen molar-refractivity contribution in [1.82, 2.24) is 5.32 Å². The SMILES string of the molecule is C[C@H](C[C@@H](Cc1ccc(-c2ccccc2)cc1)NC(=O)c1ccc(C(N)=O)c(S)c1)C(=O)O. The molecule has 0 radical (unpaired) electrons. The Labute approximate surface area is 198 Å². The van der Waals surface area contributed by atoms with Crippen LogP contribution in [0.3, 0.4) is 0 Å². The maximum atomic E-state index is 12.9. The summed E-state index contributed by atoms with van der Waals surface area (Å²) in [6, 6.07) is 22.0. The van der Waals surface area contributed by atoms with Crippen LogP contribution < -0.4 is 11.1 Å². The van der Waals surface area contributed by atoms with Crippen molar-refractivity contribution in [3.63, 3.8) is 0 Å². The third-order valence-corrected chi connectivity index (χ3v) is 5.83. The molecular weight excluding hydrogens is 436 g/mol. The first kappa shape index (κ1) is 24.1. The van der Waals surface area contributed by atoms with Gasteiger partial charge in [0.1, 0.15) is 0 Å². The van der Waals surface area contributed by atoms with Crippen LogP contribution in [0.1, 0.15) is 39.6 Å². The Morgan fingerprint density at radius 1 is 0.970 bits per heavy atom. The van der Waals surface area contributed by atoms with E-state index in [0.717, 1.165) is 16.7 Å². The van der Waals surface area contributed by atoms with Gasteiger partial charge >= 0.3 is 5.97 Å². The van der Waals surface area contributed by atoms with Gasteiger partial charge in [-0.15, -0.1) is 12.6 Å².